The molecule has 2 aliphatic rings. The minimum absolute atomic E-state index is 0.00270. The van der Waals surface area contributed by atoms with Gasteiger partial charge in [-0.3, -0.25) is 14.9 Å². The second-order valence-electron chi connectivity index (χ2n) is 11.7. The number of piperazine rings is 1. The van der Waals surface area contributed by atoms with E-state index in [1.54, 1.807) is 9.47 Å². The number of benzene rings is 2. The van der Waals surface area contributed by atoms with Crippen molar-refractivity contribution >= 4 is 67.3 Å². The number of amides is 2. The van der Waals surface area contributed by atoms with E-state index < -0.39 is 41.0 Å². The van der Waals surface area contributed by atoms with Gasteiger partial charge in [0.05, 0.1) is 38.9 Å². The monoisotopic (exact) mass is 702 g/mol. The number of likely N-dealkylation sites (N-methyl/N-ethyl adjacent to an activating group) is 1. The molecule has 0 radical (unpaired) electrons. The number of halogens is 5. The minimum atomic E-state index is -0.955. The average Bonchev–Trinajstić information content (AvgIpc) is 3.79. The van der Waals surface area contributed by atoms with Crippen molar-refractivity contribution in [3.05, 3.63) is 73.5 Å². The third kappa shape index (κ3) is 5.77. The third-order valence-electron chi connectivity index (χ3n) is 8.51. The Morgan fingerprint density at radius 1 is 0.979 bits per heavy atom. The number of rotatable bonds is 7. The first kappa shape index (κ1) is 32.0. The van der Waals surface area contributed by atoms with Crippen LogP contribution in [0.15, 0.2) is 40.2 Å². The Kier molecular flexibility index (Phi) is 8.33. The Morgan fingerprint density at radius 3 is 2.42 bits per heavy atom. The highest BCUT2D eigenvalue weighted by Gasteiger charge is 2.28. The van der Waals surface area contributed by atoms with E-state index in [0.29, 0.717) is 31.7 Å². The van der Waals surface area contributed by atoms with Crippen LogP contribution in [0, 0.1) is 17.5 Å². The van der Waals surface area contributed by atoms with Crippen LogP contribution in [0.4, 0.5) is 38.9 Å². The highest BCUT2D eigenvalue weighted by atomic mass is 35.5. The molecule has 0 unspecified atom stereocenters. The molecule has 17 heteroatoms. The summed E-state index contributed by atoms with van der Waals surface area (Å²) < 4.78 is 62.2. The van der Waals surface area contributed by atoms with Crippen molar-refractivity contribution in [1.29, 1.82) is 0 Å². The lowest BCUT2D eigenvalue weighted by Crippen LogP contribution is -2.45. The molecule has 4 heterocycles. The molecule has 1 saturated heterocycles. The maximum absolute atomic E-state index is 16.0. The molecule has 2 N–H and O–H groups in total. The number of carbonyl (C=O) groups excluding carboxylic acids is 1. The molecule has 0 atom stereocenters. The molecule has 1 aliphatic carbocycles. The maximum atomic E-state index is 16.0. The predicted molar refractivity (Wildman–Crippen MR) is 177 cm³/mol. The summed E-state index contributed by atoms with van der Waals surface area (Å²) in [6.07, 6.45) is 4.39. The van der Waals surface area contributed by atoms with Crippen molar-refractivity contribution in [2.24, 2.45) is 0 Å². The van der Waals surface area contributed by atoms with Crippen LogP contribution in [-0.4, -0.2) is 70.2 Å². The molecule has 48 heavy (non-hydrogen) atoms. The van der Waals surface area contributed by atoms with E-state index >= 15 is 8.78 Å². The topological polar surface area (TPSA) is 117 Å². The summed E-state index contributed by atoms with van der Waals surface area (Å²) in [5.74, 6) is -2.64. The van der Waals surface area contributed by atoms with Gasteiger partial charge >= 0.3 is 6.03 Å². The van der Waals surface area contributed by atoms with Crippen LogP contribution < -0.4 is 26.4 Å². The van der Waals surface area contributed by atoms with Crippen LogP contribution in [0.1, 0.15) is 18.9 Å². The molecule has 1 saturated carbocycles. The van der Waals surface area contributed by atoms with Gasteiger partial charge in [-0.25, -0.2) is 22.4 Å². The Balaban J connectivity index is 1.19. The van der Waals surface area contributed by atoms with E-state index in [0.717, 1.165) is 36.3 Å². The smallest absolute Gasteiger partial charge is 0.325 e. The van der Waals surface area contributed by atoms with Crippen LogP contribution in [0.2, 0.25) is 5.02 Å². The molecule has 250 valence electrons. The quantitative estimate of drug-likeness (QED) is 0.212. The van der Waals surface area contributed by atoms with Crippen LogP contribution >= 0.6 is 22.9 Å². The van der Waals surface area contributed by atoms with Crippen LogP contribution in [-0.2, 0) is 6.54 Å². The Bertz CT molecular complexity index is 2230. The first-order chi connectivity index (χ1) is 23.0. The van der Waals surface area contributed by atoms with E-state index in [9.17, 15) is 23.2 Å². The Hall–Kier alpha value is -4.54. The summed E-state index contributed by atoms with van der Waals surface area (Å²) in [7, 11) is 1.91. The fourth-order valence-electron chi connectivity index (χ4n) is 5.94. The first-order valence-electron chi connectivity index (χ1n) is 15.0. The van der Waals surface area contributed by atoms with E-state index in [2.05, 4.69) is 20.8 Å². The predicted octanol–water partition coefficient (Wildman–Crippen LogP) is 5.61. The molecule has 3 aromatic heterocycles. The SMILES string of the molecule is CN1CCN(c2c(F)cc3c(=O)c(-c4nnc(NC(=O)Nc5cn(C6CC6)c6cc(Cl)c(F)cc6c5=O)s4)cn(CCF)c3c2F)CC1. The lowest BCUT2D eigenvalue weighted by atomic mass is 10.1. The standard InChI is InChI=1S/C31H27ClF4N8O3S/c1-41-6-8-42(9-7-41)26-21(35)11-17-25(24(26)36)43(5-4-33)13-18(27(17)45)29-39-40-31(48-29)38-30(47)37-22-14-44(15-2-3-15)23-12-19(32)20(34)10-16(23)28(22)46/h10-15H,2-9H2,1H3,(H2,37,38,40,47). The van der Waals surface area contributed by atoms with Gasteiger partial charge in [0.25, 0.3) is 0 Å². The first-order valence-corrected chi connectivity index (χ1v) is 16.2. The summed E-state index contributed by atoms with van der Waals surface area (Å²) in [6.45, 7) is 0.725. The maximum Gasteiger partial charge on any atom is 0.325 e. The van der Waals surface area contributed by atoms with Gasteiger partial charge in [-0.05, 0) is 38.1 Å². The number of aryl methyl sites for hydroxylation is 1. The number of pyridine rings is 2. The molecule has 1 aliphatic heterocycles. The van der Waals surface area contributed by atoms with Crippen LogP contribution in [0.5, 0.6) is 0 Å². The molecule has 5 aromatic rings. The summed E-state index contributed by atoms with van der Waals surface area (Å²) in [6, 6.07) is 2.57. The van der Waals surface area contributed by atoms with Crippen LogP contribution in [0.25, 0.3) is 32.4 Å². The van der Waals surface area contributed by atoms with Gasteiger partial charge in [0, 0.05) is 44.6 Å². The van der Waals surface area contributed by atoms with E-state index in [1.807, 2.05) is 11.9 Å². The van der Waals surface area contributed by atoms with Crippen molar-refractivity contribution in [2.45, 2.75) is 25.4 Å². The number of anilines is 3. The third-order valence-corrected chi connectivity index (χ3v) is 9.67. The van der Waals surface area contributed by atoms with Crippen LogP contribution in [0.3, 0.4) is 0 Å². The van der Waals surface area contributed by atoms with Gasteiger partial charge in [-0.15, -0.1) is 10.2 Å². The number of alkyl halides is 1. The Labute approximate surface area is 278 Å². The molecule has 0 spiro atoms. The Morgan fingerprint density at radius 2 is 1.71 bits per heavy atom. The molecular weight excluding hydrogens is 676 g/mol. The van der Waals surface area contributed by atoms with Gasteiger partial charge in [0.2, 0.25) is 10.6 Å². The molecule has 2 fully saturated rings. The summed E-state index contributed by atoms with van der Waals surface area (Å²) >= 11 is 6.75. The number of nitrogens with one attached hydrogen (secondary N) is 2. The zero-order valence-electron chi connectivity index (χ0n) is 25.3. The van der Waals surface area contributed by atoms with E-state index in [-0.39, 0.29) is 61.0 Å². The summed E-state index contributed by atoms with van der Waals surface area (Å²) in [5, 5.41) is 12.4. The summed E-state index contributed by atoms with van der Waals surface area (Å²) in [5.41, 5.74) is -1.64. The van der Waals surface area contributed by atoms with E-state index in [1.165, 1.54) is 23.0 Å². The lowest BCUT2D eigenvalue weighted by Gasteiger charge is -2.34. The van der Waals surface area contributed by atoms with Crippen molar-refractivity contribution in [3.63, 3.8) is 0 Å². The normalized spacial score (nSPS) is 15.4. The molecular formula is C31H27ClF4N8O3S. The van der Waals surface area contributed by atoms with Gasteiger partial charge in [0.1, 0.15) is 29.7 Å². The molecule has 2 aromatic carbocycles. The van der Waals surface area contributed by atoms with Crippen molar-refractivity contribution < 1.29 is 22.4 Å². The zero-order chi connectivity index (χ0) is 33.9. The van der Waals surface area contributed by atoms with E-state index in [4.69, 9.17) is 11.6 Å². The number of nitrogens with zero attached hydrogens (tertiary/aromatic N) is 6. The number of carbonyl (C=O) groups is 1. The molecule has 0 bridgehead atoms. The van der Waals surface area contributed by atoms with Crippen molar-refractivity contribution in [1.82, 2.24) is 24.2 Å². The molecule has 7 rings (SSSR count). The minimum Gasteiger partial charge on any atom is -0.364 e. The highest BCUT2D eigenvalue weighted by Crippen LogP contribution is 2.38. The molecule has 11 nitrogen and oxygen atoms in total. The fourth-order valence-corrected chi connectivity index (χ4v) is 6.84. The summed E-state index contributed by atoms with van der Waals surface area (Å²) in [4.78, 5) is 43.3. The second kappa shape index (κ2) is 12.5. The molecule has 2 amide bonds. The van der Waals surface area contributed by atoms with Gasteiger partial charge in [0.15, 0.2) is 16.3 Å². The number of aromatic nitrogens is 4. The number of hydrogen-bond donors (Lipinski definition) is 2. The van der Waals surface area contributed by atoms with Crippen molar-refractivity contribution in [3.8, 4) is 10.6 Å². The van der Waals surface area contributed by atoms with Crippen molar-refractivity contribution in [2.75, 3.05) is 55.4 Å². The number of urea groups is 1. The van der Waals surface area contributed by atoms with Gasteiger partial charge in [-0.1, -0.05) is 22.9 Å². The largest absolute Gasteiger partial charge is 0.364 e. The highest BCUT2D eigenvalue weighted by molar-refractivity contribution is 7.18. The zero-order valence-corrected chi connectivity index (χ0v) is 26.9. The van der Waals surface area contributed by atoms with Gasteiger partial charge in [-0.2, -0.15) is 0 Å². The lowest BCUT2D eigenvalue weighted by molar-refractivity contribution is 0.262. The van der Waals surface area contributed by atoms with Gasteiger partial charge < -0.3 is 24.3 Å². The average molecular weight is 703 g/mol. The fraction of sp³-hybridized carbons (Fsp3) is 0.323. The number of hydrogen-bond acceptors (Lipinski definition) is 8. The second-order valence-corrected chi connectivity index (χ2v) is 13.1. The number of fused-ring (bicyclic) bond motifs is 2.